The third-order valence-corrected chi connectivity index (χ3v) is 3.11. The summed E-state index contributed by atoms with van der Waals surface area (Å²) in [5.41, 5.74) is 1.75. The first-order valence-electron chi connectivity index (χ1n) is 5.66. The maximum atomic E-state index is 11.4. The van der Waals surface area contributed by atoms with Crippen LogP contribution in [0.25, 0.3) is 0 Å². The van der Waals surface area contributed by atoms with Crippen molar-refractivity contribution < 1.29 is 14.4 Å². The number of carbonyl (C=O) groups excluding carboxylic acids is 3. The van der Waals surface area contributed by atoms with Gasteiger partial charge in [-0.25, -0.2) is 0 Å². The lowest BCUT2D eigenvalue weighted by Gasteiger charge is -2.28. The van der Waals surface area contributed by atoms with Gasteiger partial charge in [0.1, 0.15) is 0 Å². The Balaban J connectivity index is 1.92. The van der Waals surface area contributed by atoms with E-state index in [4.69, 9.17) is 0 Å². The number of carbonyl (C=O) groups is 3. The van der Waals surface area contributed by atoms with E-state index in [1.54, 1.807) is 18.2 Å². The molecule has 18 heavy (non-hydrogen) atoms. The van der Waals surface area contributed by atoms with Gasteiger partial charge in [-0.1, -0.05) is 0 Å². The van der Waals surface area contributed by atoms with E-state index in [0.29, 0.717) is 30.9 Å². The lowest BCUT2D eigenvalue weighted by molar-refractivity contribution is -0.120. The number of Topliss-reactive ketones (excluding diaryl/α,β-unsaturated/α-hetero) is 1. The third kappa shape index (κ3) is 1.62. The lowest BCUT2D eigenvalue weighted by Crippen LogP contribution is -2.47. The summed E-state index contributed by atoms with van der Waals surface area (Å²) in [6.07, 6.45) is 0. The Bertz CT molecular complexity index is 568. The molecule has 0 aliphatic carbocycles. The molecule has 0 radical (unpaired) electrons. The van der Waals surface area contributed by atoms with Crippen molar-refractivity contribution in [3.8, 4) is 0 Å². The number of piperazine rings is 1. The van der Waals surface area contributed by atoms with Crippen molar-refractivity contribution in [2.45, 2.75) is 0 Å². The van der Waals surface area contributed by atoms with Crippen molar-refractivity contribution in [3.63, 3.8) is 0 Å². The molecule has 2 aliphatic heterocycles. The van der Waals surface area contributed by atoms with Crippen molar-refractivity contribution in [1.29, 1.82) is 0 Å². The molecule has 1 fully saturated rings. The van der Waals surface area contributed by atoms with Gasteiger partial charge in [0.2, 0.25) is 5.91 Å². The highest BCUT2D eigenvalue weighted by Crippen LogP contribution is 2.28. The van der Waals surface area contributed by atoms with Gasteiger partial charge >= 0.3 is 0 Å². The standard InChI is InChI=1S/C12H11N3O3/c16-10-6-15(4-3-13-10)7-1-2-8-9(5-7)14-12(18)11(8)17/h1-2,5H,3-4,6H2,(H,13,16)(H,14,17,18). The maximum absolute atomic E-state index is 11.4. The molecule has 2 amide bonds. The van der Waals surface area contributed by atoms with Crippen molar-refractivity contribution in [2.24, 2.45) is 0 Å². The highest BCUT2D eigenvalue weighted by Gasteiger charge is 2.28. The summed E-state index contributed by atoms with van der Waals surface area (Å²) in [5.74, 6) is -1.13. The number of anilines is 2. The Hall–Kier alpha value is -2.37. The van der Waals surface area contributed by atoms with E-state index in [1.165, 1.54) is 0 Å². The van der Waals surface area contributed by atoms with Gasteiger partial charge in [-0.05, 0) is 18.2 Å². The Morgan fingerprint density at radius 1 is 1.17 bits per heavy atom. The Labute approximate surface area is 103 Å². The number of nitrogens with one attached hydrogen (secondary N) is 2. The summed E-state index contributed by atoms with van der Waals surface area (Å²) >= 11 is 0. The first-order valence-corrected chi connectivity index (χ1v) is 5.66. The summed E-state index contributed by atoms with van der Waals surface area (Å²) in [5, 5.41) is 5.27. The summed E-state index contributed by atoms with van der Waals surface area (Å²) in [6, 6.07) is 5.11. The summed E-state index contributed by atoms with van der Waals surface area (Å²) in [4.78, 5) is 35.9. The molecule has 0 aromatic heterocycles. The van der Waals surface area contributed by atoms with Gasteiger partial charge in [0.05, 0.1) is 17.8 Å². The average Bonchev–Trinajstić information content (AvgIpc) is 2.65. The van der Waals surface area contributed by atoms with Crippen molar-refractivity contribution in [3.05, 3.63) is 23.8 Å². The smallest absolute Gasteiger partial charge is 0.296 e. The fourth-order valence-electron chi connectivity index (χ4n) is 2.19. The van der Waals surface area contributed by atoms with Crippen molar-refractivity contribution >= 4 is 29.0 Å². The molecule has 0 atom stereocenters. The van der Waals surface area contributed by atoms with E-state index >= 15 is 0 Å². The lowest BCUT2D eigenvalue weighted by atomic mass is 10.1. The molecule has 0 saturated carbocycles. The van der Waals surface area contributed by atoms with Gasteiger partial charge in [0.15, 0.2) is 0 Å². The molecular formula is C12H11N3O3. The molecule has 92 valence electrons. The quantitative estimate of drug-likeness (QED) is 0.669. The average molecular weight is 245 g/mol. The zero-order valence-corrected chi connectivity index (χ0v) is 9.53. The van der Waals surface area contributed by atoms with Crippen LogP contribution in [0.5, 0.6) is 0 Å². The van der Waals surface area contributed by atoms with Gasteiger partial charge in [-0.2, -0.15) is 0 Å². The zero-order chi connectivity index (χ0) is 12.7. The van der Waals surface area contributed by atoms with Crippen LogP contribution in [0.15, 0.2) is 18.2 Å². The van der Waals surface area contributed by atoms with E-state index in [-0.39, 0.29) is 5.91 Å². The highest BCUT2D eigenvalue weighted by atomic mass is 16.2. The number of hydrogen-bond acceptors (Lipinski definition) is 4. The molecule has 3 rings (SSSR count). The first kappa shape index (κ1) is 10.8. The minimum absolute atomic E-state index is 0.0261. The molecule has 2 aliphatic rings. The van der Waals surface area contributed by atoms with Gasteiger partial charge < -0.3 is 15.5 Å². The fraction of sp³-hybridized carbons (Fsp3) is 0.250. The number of hydrogen-bond donors (Lipinski definition) is 2. The number of amides is 2. The molecule has 2 heterocycles. The molecule has 0 spiro atoms. The number of fused-ring (bicyclic) bond motifs is 1. The number of rotatable bonds is 1. The molecule has 1 saturated heterocycles. The minimum Gasteiger partial charge on any atom is -0.360 e. The minimum atomic E-state index is -0.599. The first-order chi connectivity index (χ1) is 8.65. The Morgan fingerprint density at radius 3 is 2.78 bits per heavy atom. The summed E-state index contributed by atoms with van der Waals surface area (Å²) < 4.78 is 0. The van der Waals surface area contributed by atoms with Gasteiger partial charge in [0.25, 0.3) is 11.7 Å². The predicted octanol–water partition coefficient (Wildman–Crippen LogP) is -0.242. The number of nitrogens with zero attached hydrogens (tertiary/aromatic N) is 1. The van der Waals surface area contributed by atoms with Crippen LogP contribution in [0.2, 0.25) is 0 Å². The topological polar surface area (TPSA) is 78.5 Å². The second-order valence-electron chi connectivity index (χ2n) is 4.28. The molecule has 6 nitrogen and oxygen atoms in total. The van der Waals surface area contributed by atoms with E-state index in [2.05, 4.69) is 10.6 Å². The molecule has 1 aromatic carbocycles. The normalized spacial score (nSPS) is 18.4. The third-order valence-electron chi connectivity index (χ3n) is 3.11. The molecule has 0 bridgehead atoms. The number of ketones is 1. The van der Waals surface area contributed by atoms with Crippen molar-refractivity contribution in [1.82, 2.24) is 5.32 Å². The molecule has 2 N–H and O–H groups in total. The van der Waals surface area contributed by atoms with E-state index in [9.17, 15) is 14.4 Å². The Morgan fingerprint density at radius 2 is 2.00 bits per heavy atom. The molecule has 1 aromatic rings. The maximum Gasteiger partial charge on any atom is 0.296 e. The van der Waals surface area contributed by atoms with E-state index in [1.807, 2.05) is 4.90 Å². The van der Waals surface area contributed by atoms with E-state index in [0.717, 1.165) is 5.69 Å². The van der Waals surface area contributed by atoms with Crippen LogP contribution in [0.1, 0.15) is 10.4 Å². The highest BCUT2D eigenvalue weighted by molar-refractivity contribution is 6.51. The fourth-order valence-corrected chi connectivity index (χ4v) is 2.19. The SMILES string of the molecule is O=C1CN(c2ccc3c(c2)NC(=O)C3=O)CCN1. The van der Waals surface area contributed by atoms with Gasteiger partial charge in [-0.3, -0.25) is 14.4 Å². The second kappa shape index (κ2) is 3.83. The molecule has 0 unspecified atom stereocenters. The van der Waals surface area contributed by atoms with Crippen LogP contribution in [0.4, 0.5) is 11.4 Å². The predicted molar refractivity (Wildman–Crippen MR) is 64.6 cm³/mol. The second-order valence-corrected chi connectivity index (χ2v) is 4.28. The Kier molecular flexibility index (Phi) is 2.29. The molecular weight excluding hydrogens is 234 g/mol. The summed E-state index contributed by atoms with van der Waals surface area (Å²) in [6.45, 7) is 1.61. The largest absolute Gasteiger partial charge is 0.360 e. The van der Waals surface area contributed by atoms with Crippen LogP contribution in [0.3, 0.4) is 0 Å². The van der Waals surface area contributed by atoms with Crippen LogP contribution in [-0.2, 0) is 9.59 Å². The van der Waals surface area contributed by atoms with Crippen molar-refractivity contribution in [2.75, 3.05) is 29.9 Å². The number of benzene rings is 1. The zero-order valence-electron chi connectivity index (χ0n) is 9.53. The summed E-state index contributed by atoms with van der Waals surface area (Å²) in [7, 11) is 0. The van der Waals surface area contributed by atoms with Gasteiger partial charge in [-0.15, -0.1) is 0 Å². The van der Waals surface area contributed by atoms with E-state index < -0.39 is 11.7 Å². The monoisotopic (exact) mass is 245 g/mol. The van der Waals surface area contributed by atoms with Gasteiger partial charge in [0, 0.05) is 18.8 Å². The van der Waals surface area contributed by atoms with Crippen LogP contribution in [-0.4, -0.2) is 37.2 Å². The van der Waals surface area contributed by atoms with Crippen LogP contribution >= 0.6 is 0 Å². The van der Waals surface area contributed by atoms with Crippen LogP contribution < -0.4 is 15.5 Å². The molecule has 6 heteroatoms. The van der Waals surface area contributed by atoms with Crippen LogP contribution in [0, 0.1) is 0 Å².